The van der Waals surface area contributed by atoms with Crippen molar-refractivity contribution in [2.24, 2.45) is 5.73 Å². The summed E-state index contributed by atoms with van der Waals surface area (Å²) in [7, 11) is 0. The van der Waals surface area contributed by atoms with Crippen LogP contribution in [0.3, 0.4) is 0 Å². The van der Waals surface area contributed by atoms with E-state index in [0.29, 0.717) is 6.54 Å². The Kier molecular flexibility index (Phi) is 1.73. The second-order valence-electron chi connectivity index (χ2n) is 2.95. The van der Waals surface area contributed by atoms with Gasteiger partial charge in [-0.15, -0.1) is 5.10 Å². The third-order valence-electron chi connectivity index (χ3n) is 2.07. The molecule has 0 radical (unpaired) electrons. The van der Waals surface area contributed by atoms with Crippen LogP contribution in [0.4, 0.5) is 0 Å². The van der Waals surface area contributed by atoms with Crippen LogP contribution in [0, 0.1) is 13.8 Å². The third-order valence-corrected chi connectivity index (χ3v) is 2.07. The summed E-state index contributed by atoms with van der Waals surface area (Å²) in [5.41, 5.74) is 8.38. The number of fused-ring (bicyclic) bond motifs is 1. The van der Waals surface area contributed by atoms with E-state index in [-0.39, 0.29) is 0 Å². The van der Waals surface area contributed by atoms with Crippen LogP contribution in [0.5, 0.6) is 0 Å². The molecule has 68 valence electrons. The van der Waals surface area contributed by atoms with E-state index in [2.05, 4.69) is 15.2 Å². The van der Waals surface area contributed by atoms with Crippen molar-refractivity contribution in [2.75, 3.05) is 0 Å². The maximum absolute atomic E-state index is 5.52. The molecule has 0 amide bonds. The Hall–Kier alpha value is -1.49. The topological polar surface area (TPSA) is 69.1 Å². The molecular weight excluding hydrogens is 166 g/mol. The molecule has 0 spiro atoms. The fourth-order valence-corrected chi connectivity index (χ4v) is 1.44. The van der Waals surface area contributed by atoms with Gasteiger partial charge in [0.05, 0.1) is 23.4 Å². The van der Waals surface area contributed by atoms with Crippen LogP contribution in [0.2, 0.25) is 0 Å². The molecule has 2 heterocycles. The predicted molar refractivity (Wildman–Crippen MR) is 48.1 cm³/mol. The fourth-order valence-electron chi connectivity index (χ4n) is 1.44. The van der Waals surface area contributed by atoms with Crippen molar-refractivity contribution in [1.29, 1.82) is 0 Å². The summed E-state index contributed by atoms with van der Waals surface area (Å²) in [6, 6.07) is 0. The van der Waals surface area contributed by atoms with Crippen LogP contribution in [-0.4, -0.2) is 19.6 Å². The summed E-state index contributed by atoms with van der Waals surface area (Å²) in [6.07, 6.45) is 1.73. The number of hydrogen-bond donors (Lipinski definition) is 1. The number of nitrogens with zero attached hydrogens (tertiary/aromatic N) is 4. The molecule has 0 atom stereocenters. The molecule has 0 saturated carbocycles. The highest BCUT2D eigenvalue weighted by atomic mass is 15.2. The van der Waals surface area contributed by atoms with Gasteiger partial charge >= 0.3 is 0 Å². The first-order chi connectivity index (χ1) is 6.24. The first-order valence-electron chi connectivity index (χ1n) is 4.10. The van der Waals surface area contributed by atoms with Gasteiger partial charge < -0.3 is 5.73 Å². The van der Waals surface area contributed by atoms with Crippen LogP contribution in [0.25, 0.3) is 5.52 Å². The zero-order valence-corrected chi connectivity index (χ0v) is 7.65. The molecule has 0 aliphatic rings. The van der Waals surface area contributed by atoms with Crippen LogP contribution < -0.4 is 5.73 Å². The molecule has 0 bridgehead atoms. The second-order valence-corrected chi connectivity index (χ2v) is 2.95. The predicted octanol–water partition coefficient (Wildman–Crippen LogP) is 0.200. The molecule has 0 fully saturated rings. The van der Waals surface area contributed by atoms with Gasteiger partial charge in [0.15, 0.2) is 5.82 Å². The molecule has 0 aromatic carbocycles. The summed E-state index contributed by atoms with van der Waals surface area (Å²) in [5.74, 6) is 0.737. The maximum Gasteiger partial charge on any atom is 0.151 e. The molecule has 5 nitrogen and oxygen atoms in total. The SMILES string of the molecule is Cc1ncn2c(CN)nnc(C)c12. The van der Waals surface area contributed by atoms with E-state index >= 15 is 0 Å². The summed E-state index contributed by atoms with van der Waals surface area (Å²) < 4.78 is 1.89. The van der Waals surface area contributed by atoms with E-state index in [1.165, 1.54) is 0 Å². The van der Waals surface area contributed by atoms with Crippen molar-refractivity contribution in [3.05, 3.63) is 23.5 Å². The summed E-state index contributed by atoms with van der Waals surface area (Å²) in [5, 5.41) is 8.01. The standard InChI is InChI=1S/C8H11N5/c1-5-8-6(2)11-12-7(3-9)13(8)4-10-5/h4H,3,9H2,1-2H3. The maximum atomic E-state index is 5.52. The van der Waals surface area contributed by atoms with Crippen LogP contribution in [0.15, 0.2) is 6.33 Å². The second kappa shape index (κ2) is 2.77. The molecule has 0 unspecified atom stereocenters. The zero-order valence-electron chi connectivity index (χ0n) is 7.65. The average molecular weight is 177 g/mol. The molecule has 5 heteroatoms. The normalized spacial score (nSPS) is 11.0. The Labute approximate surface area is 75.6 Å². The lowest BCUT2D eigenvalue weighted by Gasteiger charge is -2.02. The van der Waals surface area contributed by atoms with Crippen molar-refractivity contribution in [1.82, 2.24) is 19.6 Å². The molecule has 2 rings (SSSR count). The van der Waals surface area contributed by atoms with Crippen LogP contribution in [0.1, 0.15) is 17.2 Å². The molecule has 2 aromatic rings. The zero-order chi connectivity index (χ0) is 9.42. The van der Waals surface area contributed by atoms with Crippen LogP contribution in [-0.2, 0) is 6.54 Å². The first kappa shape index (κ1) is 8.12. The van der Waals surface area contributed by atoms with Gasteiger partial charge in [-0.2, -0.15) is 5.10 Å². The highest BCUT2D eigenvalue weighted by Crippen LogP contribution is 2.11. The quantitative estimate of drug-likeness (QED) is 0.675. The smallest absolute Gasteiger partial charge is 0.151 e. The molecule has 13 heavy (non-hydrogen) atoms. The van der Waals surface area contributed by atoms with Gasteiger partial charge in [-0.3, -0.25) is 4.40 Å². The van der Waals surface area contributed by atoms with Gasteiger partial charge in [0, 0.05) is 0 Å². The number of hydrogen-bond acceptors (Lipinski definition) is 4. The average Bonchev–Trinajstić information content (AvgIpc) is 2.50. The molecular formula is C8H11N5. The largest absolute Gasteiger partial charge is 0.324 e. The lowest BCUT2D eigenvalue weighted by Crippen LogP contribution is -2.09. The minimum atomic E-state index is 0.375. The highest BCUT2D eigenvalue weighted by molar-refractivity contribution is 5.55. The minimum Gasteiger partial charge on any atom is -0.324 e. The van der Waals surface area contributed by atoms with E-state index < -0.39 is 0 Å². The van der Waals surface area contributed by atoms with E-state index in [9.17, 15) is 0 Å². The van der Waals surface area contributed by atoms with Crippen LogP contribution >= 0.6 is 0 Å². The summed E-state index contributed by atoms with van der Waals surface area (Å²) in [4.78, 5) is 4.19. The van der Waals surface area contributed by atoms with E-state index in [1.54, 1.807) is 6.33 Å². The van der Waals surface area contributed by atoms with Crippen molar-refractivity contribution in [3.63, 3.8) is 0 Å². The number of rotatable bonds is 1. The minimum absolute atomic E-state index is 0.375. The Bertz CT molecular complexity index is 445. The number of aromatic nitrogens is 4. The Morgan fingerprint density at radius 1 is 1.31 bits per heavy atom. The molecule has 2 N–H and O–H groups in total. The Morgan fingerprint density at radius 2 is 2.08 bits per heavy atom. The number of aryl methyl sites for hydroxylation is 2. The van der Waals surface area contributed by atoms with Gasteiger partial charge in [0.1, 0.15) is 6.33 Å². The van der Waals surface area contributed by atoms with Crippen molar-refractivity contribution in [2.45, 2.75) is 20.4 Å². The lowest BCUT2D eigenvalue weighted by atomic mass is 10.3. The molecule has 0 aliphatic heterocycles. The molecule has 2 aromatic heterocycles. The first-order valence-corrected chi connectivity index (χ1v) is 4.10. The number of nitrogens with two attached hydrogens (primary N) is 1. The van der Waals surface area contributed by atoms with Gasteiger partial charge in [-0.1, -0.05) is 0 Å². The monoisotopic (exact) mass is 177 g/mol. The van der Waals surface area contributed by atoms with Gasteiger partial charge in [0.25, 0.3) is 0 Å². The van der Waals surface area contributed by atoms with E-state index in [1.807, 2.05) is 18.2 Å². The van der Waals surface area contributed by atoms with Gasteiger partial charge in [-0.05, 0) is 13.8 Å². The highest BCUT2D eigenvalue weighted by Gasteiger charge is 2.07. The van der Waals surface area contributed by atoms with Gasteiger partial charge in [0.2, 0.25) is 0 Å². The fraction of sp³-hybridized carbons (Fsp3) is 0.375. The molecule has 0 saturated heterocycles. The lowest BCUT2D eigenvalue weighted by molar-refractivity contribution is 0.791. The third kappa shape index (κ3) is 1.08. The van der Waals surface area contributed by atoms with Crippen molar-refractivity contribution < 1.29 is 0 Å². The Balaban J connectivity index is 2.87. The van der Waals surface area contributed by atoms with Crippen molar-refractivity contribution >= 4 is 5.52 Å². The summed E-state index contributed by atoms with van der Waals surface area (Å²) in [6.45, 7) is 4.24. The van der Waals surface area contributed by atoms with E-state index in [4.69, 9.17) is 5.73 Å². The molecule has 0 aliphatic carbocycles. The Morgan fingerprint density at radius 3 is 2.77 bits per heavy atom. The number of imidazole rings is 1. The van der Waals surface area contributed by atoms with E-state index in [0.717, 1.165) is 22.7 Å². The van der Waals surface area contributed by atoms with Crippen molar-refractivity contribution in [3.8, 4) is 0 Å². The van der Waals surface area contributed by atoms with Gasteiger partial charge in [-0.25, -0.2) is 4.98 Å². The summed E-state index contributed by atoms with van der Waals surface area (Å²) >= 11 is 0.